The number of amides is 1. The first-order valence-electron chi connectivity index (χ1n) is 8.27. The van der Waals surface area contributed by atoms with Gasteiger partial charge < -0.3 is 10.1 Å². The van der Waals surface area contributed by atoms with E-state index >= 15 is 0 Å². The van der Waals surface area contributed by atoms with Crippen LogP contribution < -0.4 is 10.1 Å². The van der Waals surface area contributed by atoms with E-state index in [1.54, 1.807) is 11.7 Å². The van der Waals surface area contributed by atoms with Gasteiger partial charge in [-0.2, -0.15) is 5.10 Å². The average Bonchev–Trinajstić information content (AvgIpc) is 3.06. The summed E-state index contributed by atoms with van der Waals surface area (Å²) >= 11 is 5.25. The Morgan fingerprint density at radius 2 is 1.96 bits per heavy atom. The van der Waals surface area contributed by atoms with E-state index in [-0.39, 0.29) is 19.0 Å². The van der Waals surface area contributed by atoms with Crippen LogP contribution in [0.1, 0.15) is 5.56 Å². The number of ether oxygens (including phenoxy) is 1. The molecule has 0 saturated heterocycles. The van der Waals surface area contributed by atoms with Crippen LogP contribution >= 0.6 is 12.2 Å². The predicted molar refractivity (Wildman–Crippen MR) is 106 cm³/mol. The van der Waals surface area contributed by atoms with Crippen LogP contribution in [0.3, 0.4) is 0 Å². The molecule has 27 heavy (non-hydrogen) atoms. The van der Waals surface area contributed by atoms with Gasteiger partial charge in [0.15, 0.2) is 10.6 Å². The number of aromatic amines is 1. The van der Waals surface area contributed by atoms with Gasteiger partial charge in [-0.3, -0.25) is 14.5 Å². The average molecular weight is 378 g/mol. The van der Waals surface area contributed by atoms with Crippen LogP contribution in [-0.2, 0) is 11.3 Å². The maximum absolute atomic E-state index is 12.3. The van der Waals surface area contributed by atoms with E-state index in [0.29, 0.717) is 10.6 Å². The minimum atomic E-state index is -0.190. The van der Waals surface area contributed by atoms with Gasteiger partial charge >= 0.3 is 0 Å². The van der Waals surface area contributed by atoms with Gasteiger partial charge in [-0.15, -0.1) is 0 Å². The topological polar surface area (TPSA) is 71.9 Å². The number of hydrogen-bond donors (Lipinski definition) is 2. The minimum Gasteiger partial charge on any atom is -0.497 e. The van der Waals surface area contributed by atoms with Gasteiger partial charge in [-0.1, -0.05) is 30.0 Å². The van der Waals surface area contributed by atoms with Crippen LogP contribution in [0.15, 0.2) is 54.6 Å². The van der Waals surface area contributed by atoms with Gasteiger partial charge in [0.1, 0.15) is 12.3 Å². The fourth-order valence-corrected chi connectivity index (χ4v) is 2.63. The molecule has 7 heteroatoms. The van der Waals surface area contributed by atoms with Gasteiger partial charge in [0.25, 0.3) is 0 Å². The van der Waals surface area contributed by atoms with Gasteiger partial charge in [0.05, 0.1) is 13.7 Å². The third-order valence-electron chi connectivity index (χ3n) is 3.79. The molecule has 0 aliphatic carbocycles. The van der Waals surface area contributed by atoms with Crippen molar-refractivity contribution in [1.82, 2.24) is 20.1 Å². The summed E-state index contributed by atoms with van der Waals surface area (Å²) in [6, 6.07) is 17.0. The Labute approximate surface area is 162 Å². The fraction of sp³-hybridized carbons (Fsp3) is 0.150. The highest BCUT2D eigenvalue weighted by Gasteiger charge is 2.12. The molecule has 3 aromatic rings. The molecule has 1 heterocycles. The summed E-state index contributed by atoms with van der Waals surface area (Å²) in [5.74, 6) is 7.07. The standard InChI is InChI=1S/C20H18N4O2S/c1-26-17-11-9-16(10-12-17)19-22-23-20(27)24(19)14-18(25)21-13-5-8-15-6-3-2-4-7-15/h2-4,6-7,9-12H,13-14H2,1H3,(H,21,25)(H,23,27). The summed E-state index contributed by atoms with van der Waals surface area (Å²) < 4.78 is 7.19. The predicted octanol–water partition coefficient (Wildman–Crippen LogP) is 2.78. The molecule has 1 amide bonds. The Bertz CT molecular complexity index is 1030. The number of H-pyrrole nitrogens is 1. The molecule has 0 spiro atoms. The molecule has 0 saturated carbocycles. The fourth-order valence-electron chi connectivity index (χ4n) is 2.43. The lowest BCUT2D eigenvalue weighted by Crippen LogP contribution is -2.28. The molecule has 0 fully saturated rings. The summed E-state index contributed by atoms with van der Waals surface area (Å²) in [5, 5.41) is 9.74. The second-order valence-corrected chi connectivity index (χ2v) is 6.00. The van der Waals surface area contributed by atoms with Crippen LogP contribution in [0.5, 0.6) is 5.75 Å². The SMILES string of the molecule is COc1ccc(-c2n[nH]c(=S)n2CC(=O)NCC#Cc2ccccc2)cc1. The number of carbonyl (C=O) groups excluding carboxylic acids is 1. The molecule has 3 rings (SSSR count). The van der Waals surface area contributed by atoms with Crippen molar-refractivity contribution in [3.8, 4) is 29.0 Å². The van der Waals surface area contributed by atoms with Crippen LogP contribution in [-0.4, -0.2) is 34.3 Å². The molecule has 136 valence electrons. The normalized spacial score (nSPS) is 9.96. The van der Waals surface area contributed by atoms with Crippen LogP contribution in [0, 0.1) is 16.6 Å². The molecule has 0 aliphatic heterocycles. The molecule has 0 atom stereocenters. The molecule has 1 aromatic heterocycles. The van der Waals surface area contributed by atoms with Crippen molar-refractivity contribution in [2.75, 3.05) is 13.7 Å². The van der Waals surface area contributed by atoms with E-state index in [1.807, 2.05) is 54.6 Å². The highest BCUT2D eigenvalue weighted by Crippen LogP contribution is 2.20. The van der Waals surface area contributed by atoms with Gasteiger partial charge in [-0.25, -0.2) is 0 Å². The Morgan fingerprint density at radius 1 is 1.22 bits per heavy atom. The number of aromatic nitrogens is 3. The third kappa shape index (κ3) is 4.84. The lowest BCUT2D eigenvalue weighted by Gasteiger charge is -2.07. The maximum atomic E-state index is 12.3. The number of benzene rings is 2. The molecule has 0 aliphatic rings. The van der Waals surface area contributed by atoms with E-state index in [0.717, 1.165) is 16.9 Å². The summed E-state index contributed by atoms with van der Waals surface area (Å²) in [5.41, 5.74) is 1.74. The zero-order valence-corrected chi connectivity index (χ0v) is 15.5. The Morgan fingerprint density at radius 3 is 2.67 bits per heavy atom. The molecule has 0 unspecified atom stereocenters. The molecular weight excluding hydrogens is 360 g/mol. The Balaban J connectivity index is 1.65. The van der Waals surface area contributed by atoms with Gasteiger partial charge in [0.2, 0.25) is 5.91 Å². The van der Waals surface area contributed by atoms with E-state index in [2.05, 4.69) is 27.4 Å². The second-order valence-electron chi connectivity index (χ2n) is 5.61. The molecule has 0 radical (unpaired) electrons. The first-order valence-corrected chi connectivity index (χ1v) is 8.68. The largest absolute Gasteiger partial charge is 0.497 e. The smallest absolute Gasteiger partial charge is 0.240 e. The number of rotatable bonds is 5. The second kappa shape index (κ2) is 8.83. The summed E-state index contributed by atoms with van der Waals surface area (Å²) in [4.78, 5) is 12.3. The molecule has 2 aromatic carbocycles. The summed E-state index contributed by atoms with van der Waals surface area (Å²) in [6.45, 7) is 0.320. The van der Waals surface area contributed by atoms with E-state index < -0.39 is 0 Å². The maximum Gasteiger partial charge on any atom is 0.240 e. The Kier molecular flexibility index (Phi) is 6.02. The highest BCUT2D eigenvalue weighted by atomic mass is 32.1. The molecule has 6 nitrogen and oxygen atoms in total. The van der Waals surface area contributed by atoms with Crippen molar-refractivity contribution in [2.45, 2.75) is 6.54 Å². The molecule has 2 N–H and O–H groups in total. The van der Waals surface area contributed by atoms with E-state index in [1.165, 1.54) is 0 Å². The number of hydrogen-bond acceptors (Lipinski definition) is 4. The van der Waals surface area contributed by atoms with Gasteiger partial charge in [-0.05, 0) is 48.6 Å². The first kappa shape index (κ1) is 18.4. The van der Waals surface area contributed by atoms with Crippen molar-refractivity contribution in [3.63, 3.8) is 0 Å². The number of methoxy groups -OCH3 is 1. The molecule has 0 bridgehead atoms. The monoisotopic (exact) mass is 378 g/mol. The van der Waals surface area contributed by atoms with Crippen molar-refractivity contribution in [1.29, 1.82) is 0 Å². The Hall–Kier alpha value is -3.37. The van der Waals surface area contributed by atoms with Crippen molar-refractivity contribution in [3.05, 3.63) is 64.9 Å². The summed E-state index contributed by atoms with van der Waals surface area (Å²) in [6.07, 6.45) is 0. The van der Waals surface area contributed by atoms with Crippen LogP contribution in [0.4, 0.5) is 0 Å². The van der Waals surface area contributed by atoms with Gasteiger partial charge in [0, 0.05) is 11.1 Å². The lowest BCUT2D eigenvalue weighted by molar-refractivity contribution is -0.121. The number of nitrogens with one attached hydrogen (secondary N) is 2. The first-order chi connectivity index (χ1) is 13.2. The highest BCUT2D eigenvalue weighted by molar-refractivity contribution is 7.71. The number of nitrogens with zero attached hydrogens (tertiary/aromatic N) is 2. The van der Waals surface area contributed by atoms with Crippen LogP contribution in [0.2, 0.25) is 0 Å². The van der Waals surface area contributed by atoms with Crippen molar-refractivity contribution < 1.29 is 9.53 Å². The number of carbonyl (C=O) groups is 1. The van der Waals surface area contributed by atoms with E-state index in [4.69, 9.17) is 17.0 Å². The zero-order chi connectivity index (χ0) is 19.1. The third-order valence-corrected chi connectivity index (χ3v) is 4.10. The van der Waals surface area contributed by atoms with Crippen molar-refractivity contribution in [2.24, 2.45) is 0 Å². The van der Waals surface area contributed by atoms with E-state index in [9.17, 15) is 4.79 Å². The quantitative estimate of drug-likeness (QED) is 0.529. The zero-order valence-electron chi connectivity index (χ0n) is 14.7. The minimum absolute atomic E-state index is 0.0592. The molecular formula is C20H18N4O2S. The lowest BCUT2D eigenvalue weighted by atomic mass is 10.2. The summed E-state index contributed by atoms with van der Waals surface area (Å²) in [7, 11) is 1.61. The van der Waals surface area contributed by atoms with Crippen LogP contribution in [0.25, 0.3) is 11.4 Å². The van der Waals surface area contributed by atoms with Crippen molar-refractivity contribution >= 4 is 18.1 Å².